The van der Waals surface area contributed by atoms with Crippen LogP contribution in [0.15, 0.2) is 84.9 Å². The van der Waals surface area contributed by atoms with E-state index in [1.807, 2.05) is 60.7 Å². The van der Waals surface area contributed by atoms with Crippen LogP contribution in [0.25, 0.3) is 11.1 Å². The molecule has 0 saturated heterocycles. The zero-order valence-electron chi connectivity index (χ0n) is 23.6. The van der Waals surface area contributed by atoms with E-state index in [-0.39, 0.29) is 19.0 Å². The van der Waals surface area contributed by atoms with Crippen LogP contribution in [0.4, 0.5) is 18.0 Å². The lowest BCUT2D eigenvalue weighted by atomic mass is 9.99. The van der Waals surface area contributed by atoms with Gasteiger partial charge in [0.25, 0.3) is 0 Å². The average molecular weight is 613 g/mol. The predicted molar refractivity (Wildman–Crippen MR) is 154 cm³/mol. The predicted octanol–water partition coefficient (Wildman–Crippen LogP) is 4.10. The maximum absolute atomic E-state index is 12.6. The summed E-state index contributed by atoms with van der Waals surface area (Å²) in [7, 11) is 0. The number of amides is 4. The van der Waals surface area contributed by atoms with Gasteiger partial charge >= 0.3 is 24.1 Å². The molecule has 0 aliphatic rings. The molecule has 232 valence electrons. The molecule has 0 fully saturated rings. The Morgan fingerprint density at radius 3 is 1.93 bits per heavy atom. The van der Waals surface area contributed by atoms with Crippen molar-refractivity contribution in [2.45, 2.75) is 38.0 Å². The van der Waals surface area contributed by atoms with Gasteiger partial charge < -0.3 is 26.0 Å². The van der Waals surface area contributed by atoms with Crippen LogP contribution in [0.3, 0.4) is 0 Å². The summed E-state index contributed by atoms with van der Waals surface area (Å²) >= 11 is 0. The molecular formula is C31H31F3N4O6. The summed E-state index contributed by atoms with van der Waals surface area (Å²) in [6, 6.07) is 23.1. The smallest absolute Gasteiger partial charge is 0.386 e. The van der Waals surface area contributed by atoms with Crippen LogP contribution in [0, 0.1) is 0 Å². The first-order valence-corrected chi connectivity index (χ1v) is 13.5. The molecule has 2 unspecified atom stereocenters. The van der Waals surface area contributed by atoms with Crippen molar-refractivity contribution < 1.29 is 41.9 Å². The fraction of sp³-hybridized carbons (Fsp3) is 0.258. The van der Waals surface area contributed by atoms with E-state index >= 15 is 0 Å². The fourth-order valence-corrected chi connectivity index (χ4v) is 4.04. The summed E-state index contributed by atoms with van der Waals surface area (Å²) in [5.74, 6) is -5.49. The number of urea groups is 1. The Morgan fingerprint density at radius 1 is 0.727 bits per heavy atom. The number of rotatable bonds is 12. The molecule has 0 spiro atoms. The summed E-state index contributed by atoms with van der Waals surface area (Å²) in [6.07, 6.45) is -6.30. The molecule has 0 aliphatic carbocycles. The lowest BCUT2D eigenvalue weighted by Gasteiger charge is -2.19. The summed E-state index contributed by atoms with van der Waals surface area (Å²) in [6.45, 7) is 1.26. The largest absolute Gasteiger partial charge is 0.491 e. The van der Waals surface area contributed by atoms with Crippen molar-refractivity contribution in [1.29, 1.82) is 0 Å². The van der Waals surface area contributed by atoms with Gasteiger partial charge in [-0.15, -0.1) is 0 Å². The second-order valence-corrected chi connectivity index (χ2v) is 9.63. The van der Waals surface area contributed by atoms with Crippen molar-refractivity contribution in [3.05, 3.63) is 96.1 Å². The van der Waals surface area contributed by atoms with Crippen molar-refractivity contribution in [2.75, 3.05) is 13.1 Å². The Balaban J connectivity index is 1.53. The van der Waals surface area contributed by atoms with Crippen molar-refractivity contribution >= 4 is 29.8 Å². The Hall–Kier alpha value is -5.20. The third-order valence-electron chi connectivity index (χ3n) is 6.30. The van der Waals surface area contributed by atoms with Crippen LogP contribution in [-0.2, 0) is 23.9 Å². The van der Waals surface area contributed by atoms with Crippen molar-refractivity contribution in [2.24, 2.45) is 0 Å². The van der Waals surface area contributed by atoms with Gasteiger partial charge in [0, 0.05) is 13.0 Å². The van der Waals surface area contributed by atoms with Gasteiger partial charge in [-0.1, -0.05) is 84.9 Å². The third-order valence-corrected chi connectivity index (χ3v) is 6.30. The van der Waals surface area contributed by atoms with Gasteiger partial charge in [-0.05, 0) is 29.2 Å². The number of hydrogen-bond acceptors (Lipinski definition) is 6. The first-order chi connectivity index (χ1) is 20.9. The normalized spacial score (nSPS) is 12.3. The second-order valence-electron chi connectivity index (χ2n) is 9.63. The van der Waals surface area contributed by atoms with E-state index in [0.717, 1.165) is 16.7 Å². The zero-order valence-corrected chi connectivity index (χ0v) is 23.6. The summed E-state index contributed by atoms with van der Waals surface area (Å²) in [4.78, 5) is 60.2. The number of nitrogens with one attached hydrogen (secondary N) is 4. The van der Waals surface area contributed by atoms with Crippen LogP contribution in [0.2, 0.25) is 0 Å². The van der Waals surface area contributed by atoms with Crippen molar-refractivity contribution in [1.82, 2.24) is 21.3 Å². The van der Waals surface area contributed by atoms with Gasteiger partial charge in [0.1, 0.15) is 0 Å². The van der Waals surface area contributed by atoms with Crippen LogP contribution in [-0.4, -0.2) is 49.0 Å². The zero-order chi connectivity index (χ0) is 32.1. The molecule has 10 nitrogen and oxygen atoms in total. The Morgan fingerprint density at radius 2 is 1.32 bits per heavy atom. The summed E-state index contributed by atoms with van der Waals surface area (Å²) in [5.41, 5.74) is 2.94. The minimum Gasteiger partial charge on any atom is -0.386 e. The quantitative estimate of drug-likeness (QED) is 0.179. The lowest BCUT2D eigenvalue weighted by Crippen LogP contribution is -2.41. The average Bonchev–Trinajstić information content (AvgIpc) is 3.00. The van der Waals surface area contributed by atoms with Crippen molar-refractivity contribution in [3.63, 3.8) is 0 Å². The van der Waals surface area contributed by atoms with Gasteiger partial charge in [0.2, 0.25) is 11.8 Å². The molecule has 3 rings (SSSR count). The van der Waals surface area contributed by atoms with Gasteiger partial charge in [-0.25, -0.2) is 9.59 Å². The van der Waals surface area contributed by atoms with Gasteiger partial charge in [0.15, 0.2) is 0 Å². The Bertz CT molecular complexity index is 1430. The van der Waals surface area contributed by atoms with E-state index in [0.29, 0.717) is 5.56 Å². The number of hydrogen-bond donors (Lipinski definition) is 4. The highest BCUT2D eigenvalue weighted by molar-refractivity contribution is 5.89. The molecule has 13 heteroatoms. The Kier molecular flexibility index (Phi) is 12.0. The molecule has 3 aromatic carbocycles. The number of benzene rings is 3. The molecule has 0 aliphatic heterocycles. The monoisotopic (exact) mass is 612 g/mol. The molecule has 44 heavy (non-hydrogen) atoms. The molecule has 0 aromatic heterocycles. The first kappa shape index (κ1) is 33.3. The summed E-state index contributed by atoms with van der Waals surface area (Å²) in [5, 5.41) is 10.1. The molecule has 4 N–H and O–H groups in total. The molecule has 0 radical (unpaired) electrons. The highest BCUT2D eigenvalue weighted by Gasteiger charge is 2.42. The number of halogens is 3. The molecular weight excluding hydrogens is 581 g/mol. The lowest BCUT2D eigenvalue weighted by molar-refractivity contribution is -0.202. The highest BCUT2D eigenvalue weighted by atomic mass is 19.4. The molecule has 4 amide bonds. The molecule has 2 atom stereocenters. The molecule has 3 aromatic rings. The van der Waals surface area contributed by atoms with E-state index in [1.54, 1.807) is 31.2 Å². The van der Waals surface area contributed by atoms with E-state index < -0.39 is 55.0 Å². The highest BCUT2D eigenvalue weighted by Crippen LogP contribution is 2.24. The number of esters is 2. The van der Waals surface area contributed by atoms with Gasteiger partial charge in [-0.3, -0.25) is 14.4 Å². The van der Waals surface area contributed by atoms with E-state index in [4.69, 9.17) is 0 Å². The van der Waals surface area contributed by atoms with E-state index in [1.165, 1.54) is 0 Å². The fourth-order valence-electron chi connectivity index (χ4n) is 4.04. The minimum absolute atomic E-state index is 0.0176. The second kappa shape index (κ2) is 15.9. The summed E-state index contributed by atoms with van der Waals surface area (Å²) < 4.78 is 41.6. The SMILES string of the molecule is CC(NC(=O)NCCC(=O)NCC(=O)NC(CC(=O)OC(=O)C(F)(F)F)c1ccc(-c2ccccc2)cc1)c1ccccc1. The van der Waals surface area contributed by atoms with Crippen molar-refractivity contribution in [3.8, 4) is 11.1 Å². The molecule has 0 heterocycles. The Labute approximate surface area is 251 Å². The standard InChI is InChI=1S/C31H31F3N4O6/c1-20(21-8-4-2-5-9-21)37-30(43)35-17-16-26(39)36-19-27(40)38-25(18-28(41)44-29(42)31(32,33)34)24-14-12-23(13-15-24)22-10-6-3-7-11-22/h2-15,20,25H,16-19H2,1H3,(H,36,39)(H,38,40)(H2,35,37,43). The van der Waals surface area contributed by atoms with E-state index in [9.17, 15) is 37.1 Å². The number of ether oxygens (including phenoxy) is 1. The first-order valence-electron chi connectivity index (χ1n) is 13.5. The van der Waals surface area contributed by atoms with Crippen LogP contribution < -0.4 is 21.3 Å². The van der Waals surface area contributed by atoms with E-state index in [2.05, 4.69) is 26.0 Å². The maximum Gasteiger partial charge on any atom is 0.491 e. The van der Waals surface area contributed by atoms with Gasteiger partial charge in [-0.2, -0.15) is 13.2 Å². The molecule has 0 bridgehead atoms. The minimum atomic E-state index is -5.37. The maximum atomic E-state index is 12.6. The van der Waals surface area contributed by atoms with Crippen LogP contribution >= 0.6 is 0 Å². The number of alkyl halides is 3. The van der Waals surface area contributed by atoms with Crippen LogP contribution in [0.1, 0.15) is 43.0 Å². The topological polar surface area (TPSA) is 143 Å². The number of carbonyl (C=O) groups excluding carboxylic acids is 5. The van der Waals surface area contributed by atoms with Gasteiger partial charge in [0.05, 0.1) is 25.0 Å². The molecule has 0 saturated carbocycles. The third kappa shape index (κ3) is 10.9. The number of carbonyl (C=O) groups is 5. The van der Waals surface area contributed by atoms with Crippen LogP contribution in [0.5, 0.6) is 0 Å².